The number of piperidine rings is 1. The Morgan fingerprint density at radius 1 is 1.25 bits per heavy atom. The maximum absolute atomic E-state index is 11.8. The van der Waals surface area contributed by atoms with E-state index in [2.05, 4.69) is 4.94 Å². The number of hydrogen-bond donors (Lipinski definition) is 0. The summed E-state index contributed by atoms with van der Waals surface area (Å²) < 4.78 is 17.0. The molecule has 0 atom stereocenters. The first-order valence-electron chi connectivity index (χ1n) is 7.09. The molecule has 1 amide bonds. The number of likely N-dealkylation sites (tertiary alicyclic amines) is 1. The molecule has 1 heterocycles. The Hall–Kier alpha value is -1.17. The van der Waals surface area contributed by atoms with E-state index in [9.17, 15) is 14.1 Å². The molecule has 0 aromatic rings. The molecule has 0 spiro atoms. The van der Waals surface area contributed by atoms with E-state index >= 15 is 0 Å². The zero-order valence-corrected chi connectivity index (χ0v) is 12.5. The highest BCUT2D eigenvalue weighted by atomic mass is 19.3. The molecule has 0 unspecified atom stereocenters. The Labute approximate surface area is 119 Å². The minimum absolute atomic E-state index is 0.334. The van der Waals surface area contributed by atoms with Gasteiger partial charge in [0.25, 0.3) is 0 Å². The van der Waals surface area contributed by atoms with Gasteiger partial charge in [-0.3, -0.25) is 4.79 Å². The molecule has 0 aromatic carbocycles. The van der Waals surface area contributed by atoms with E-state index < -0.39 is 5.60 Å². The normalized spacial score (nSPS) is 19.8. The van der Waals surface area contributed by atoms with E-state index in [1.165, 1.54) is 0 Å². The zero-order chi connectivity index (χ0) is 15.2. The van der Waals surface area contributed by atoms with Gasteiger partial charge >= 0.3 is 6.09 Å². The predicted octanol–water partition coefficient (Wildman–Crippen LogP) is 3.03. The number of ether oxygens (including phenoxy) is 1. The molecular weight excluding hydrogens is 265 g/mol. The Kier molecular flexibility index (Phi) is 6.39. The molecule has 20 heavy (non-hydrogen) atoms. The SMILES string of the molecule is CC(C)(C)OC(=O)N1CCC(OF)CC1.O=C1CCC1. The van der Waals surface area contributed by atoms with Crippen LogP contribution in [0.1, 0.15) is 52.9 Å². The van der Waals surface area contributed by atoms with Crippen LogP contribution in [0.3, 0.4) is 0 Å². The summed E-state index contributed by atoms with van der Waals surface area (Å²) in [5.74, 6) is 0.435. The third-order valence-corrected chi connectivity index (χ3v) is 3.13. The average molecular weight is 289 g/mol. The smallest absolute Gasteiger partial charge is 0.410 e. The van der Waals surface area contributed by atoms with E-state index in [-0.39, 0.29) is 12.2 Å². The highest BCUT2D eigenvalue weighted by Gasteiger charge is 2.27. The molecule has 0 N–H and O–H groups in total. The second kappa shape index (κ2) is 7.57. The summed E-state index contributed by atoms with van der Waals surface area (Å²) in [5, 5.41) is 0. The van der Waals surface area contributed by atoms with Crippen LogP contribution in [0.25, 0.3) is 0 Å². The molecule has 2 fully saturated rings. The van der Waals surface area contributed by atoms with Crippen LogP contribution in [0.5, 0.6) is 0 Å². The maximum Gasteiger partial charge on any atom is 0.410 e. The quantitative estimate of drug-likeness (QED) is 0.744. The fourth-order valence-electron chi connectivity index (χ4n) is 1.78. The van der Waals surface area contributed by atoms with Crippen molar-refractivity contribution in [3.63, 3.8) is 0 Å². The van der Waals surface area contributed by atoms with Crippen LogP contribution in [0, 0.1) is 0 Å². The van der Waals surface area contributed by atoms with Crippen LogP contribution in [0.4, 0.5) is 9.32 Å². The van der Waals surface area contributed by atoms with Gasteiger partial charge in [0.15, 0.2) is 0 Å². The second-order valence-corrected chi connectivity index (χ2v) is 6.15. The minimum atomic E-state index is -0.482. The summed E-state index contributed by atoms with van der Waals surface area (Å²) in [5.41, 5.74) is -0.482. The van der Waals surface area contributed by atoms with Crippen molar-refractivity contribution in [1.82, 2.24) is 4.90 Å². The van der Waals surface area contributed by atoms with E-state index in [0.717, 1.165) is 19.3 Å². The second-order valence-electron chi connectivity index (χ2n) is 6.15. The first-order chi connectivity index (χ1) is 9.31. The van der Waals surface area contributed by atoms with Crippen molar-refractivity contribution < 1.29 is 23.8 Å². The lowest BCUT2D eigenvalue weighted by atomic mass is 9.99. The molecule has 0 aromatic heterocycles. The van der Waals surface area contributed by atoms with Gasteiger partial charge in [-0.25, -0.2) is 4.79 Å². The first-order valence-corrected chi connectivity index (χ1v) is 7.09. The van der Waals surface area contributed by atoms with Crippen molar-refractivity contribution >= 4 is 11.9 Å². The van der Waals surface area contributed by atoms with Crippen molar-refractivity contribution in [2.45, 2.75) is 64.6 Å². The number of amides is 1. The zero-order valence-electron chi connectivity index (χ0n) is 12.5. The van der Waals surface area contributed by atoms with Crippen molar-refractivity contribution in [2.24, 2.45) is 0 Å². The Morgan fingerprint density at radius 2 is 1.75 bits per heavy atom. The van der Waals surface area contributed by atoms with Crippen LogP contribution in [-0.4, -0.2) is 41.6 Å². The number of halogens is 1. The largest absolute Gasteiger partial charge is 0.444 e. The van der Waals surface area contributed by atoms with Crippen LogP contribution in [-0.2, 0) is 14.5 Å². The standard InChI is InChI=1S/C10H18FNO3.C4H6O/c1-10(2,3)14-9(13)12-6-4-8(15-11)5-7-12;5-4-2-1-3-4/h8H,4-7H2,1-3H3;1-3H2. The molecule has 1 saturated heterocycles. The lowest BCUT2D eigenvalue weighted by Crippen LogP contribution is -2.43. The first kappa shape index (κ1) is 16.9. The molecule has 0 bridgehead atoms. The van der Waals surface area contributed by atoms with Gasteiger partial charge in [-0.2, -0.15) is 4.94 Å². The molecule has 2 aliphatic rings. The van der Waals surface area contributed by atoms with Gasteiger partial charge in [0.05, 0.1) is 0 Å². The van der Waals surface area contributed by atoms with E-state index in [1.54, 1.807) is 4.90 Å². The van der Waals surface area contributed by atoms with Crippen molar-refractivity contribution in [3.05, 3.63) is 0 Å². The monoisotopic (exact) mass is 289 g/mol. The van der Waals surface area contributed by atoms with Gasteiger partial charge in [-0.1, -0.05) is 0 Å². The summed E-state index contributed by atoms with van der Waals surface area (Å²) in [6, 6.07) is 0. The summed E-state index contributed by atoms with van der Waals surface area (Å²) in [4.78, 5) is 26.8. The third-order valence-electron chi connectivity index (χ3n) is 3.13. The number of carbonyl (C=O) groups is 2. The van der Waals surface area contributed by atoms with Gasteiger partial charge < -0.3 is 9.64 Å². The average Bonchev–Trinajstić information content (AvgIpc) is 2.35. The van der Waals surface area contributed by atoms with Crippen molar-refractivity contribution in [3.8, 4) is 0 Å². The van der Waals surface area contributed by atoms with Crippen LogP contribution >= 0.6 is 0 Å². The molecule has 0 radical (unpaired) electrons. The fourth-order valence-corrected chi connectivity index (χ4v) is 1.78. The lowest BCUT2D eigenvalue weighted by molar-refractivity contribution is -0.190. The maximum atomic E-state index is 11.8. The molecule has 1 saturated carbocycles. The Bertz CT molecular complexity index is 327. The van der Waals surface area contributed by atoms with Gasteiger partial charge in [-0.05, 0) is 44.6 Å². The number of carbonyl (C=O) groups excluding carboxylic acids is 2. The number of ketones is 1. The highest BCUT2D eigenvalue weighted by Crippen LogP contribution is 2.17. The molecule has 2 rings (SSSR count). The third kappa shape index (κ3) is 6.32. The Morgan fingerprint density at radius 3 is 2.05 bits per heavy atom. The summed E-state index contributed by atoms with van der Waals surface area (Å²) >= 11 is 0. The van der Waals surface area contributed by atoms with E-state index in [0.29, 0.717) is 31.7 Å². The van der Waals surface area contributed by atoms with Crippen molar-refractivity contribution in [2.75, 3.05) is 13.1 Å². The predicted molar refractivity (Wildman–Crippen MR) is 71.9 cm³/mol. The Balaban J connectivity index is 0.000000333. The highest BCUT2D eigenvalue weighted by molar-refractivity contribution is 5.83. The number of rotatable bonds is 1. The number of Topliss-reactive ketones (excluding diaryl/α,β-unsaturated/α-hetero) is 1. The molecule has 6 heteroatoms. The molecular formula is C14H24FNO4. The van der Waals surface area contributed by atoms with Crippen LogP contribution in [0.2, 0.25) is 0 Å². The van der Waals surface area contributed by atoms with Gasteiger partial charge in [-0.15, -0.1) is 0 Å². The summed E-state index contributed by atoms with van der Waals surface area (Å²) in [6.45, 7) is 6.44. The van der Waals surface area contributed by atoms with Gasteiger partial charge in [0.2, 0.25) is 0 Å². The lowest BCUT2D eigenvalue weighted by Gasteiger charge is -2.31. The number of nitrogens with zero attached hydrogens (tertiary/aromatic N) is 1. The summed E-state index contributed by atoms with van der Waals surface area (Å²) in [6.07, 6.45) is 3.17. The molecule has 1 aliphatic heterocycles. The topological polar surface area (TPSA) is 55.8 Å². The summed E-state index contributed by atoms with van der Waals surface area (Å²) in [7, 11) is 0. The number of hydrogen-bond acceptors (Lipinski definition) is 4. The van der Waals surface area contributed by atoms with Crippen LogP contribution in [0.15, 0.2) is 0 Å². The van der Waals surface area contributed by atoms with Gasteiger partial charge in [0, 0.05) is 25.9 Å². The molecule has 1 aliphatic carbocycles. The molecule has 5 nitrogen and oxygen atoms in total. The molecule has 116 valence electrons. The van der Waals surface area contributed by atoms with E-state index in [1.807, 2.05) is 20.8 Å². The van der Waals surface area contributed by atoms with E-state index in [4.69, 9.17) is 4.74 Å². The van der Waals surface area contributed by atoms with Gasteiger partial charge in [0.1, 0.15) is 17.5 Å². The van der Waals surface area contributed by atoms with Crippen molar-refractivity contribution in [1.29, 1.82) is 0 Å². The minimum Gasteiger partial charge on any atom is -0.444 e. The van der Waals surface area contributed by atoms with Crippen LogP contribution < -0.4 is 0 Å². The fraction of sp³-hybridized carbons (Fsp3) is 0.857.